The van der Waals surface area contributed by atoms with Gasteiger partial charge < -0.3 is 10.4 Å². The molecule has 0 saturated carbocycles. The van der Waals surface area contributed by atoms with Crippen molar-refractivity contribution < 1.29 is 14.7 Å². The number of benzene rings is 2. The minimum absolute atomic E-state index is 0.0400. The third-order valence-corrected chi connectivity index (χ3v) is 3.70. The summed E-state index contributed by atoms with van der Waals surface area (Å²) in [7, 11) is 0. The largest absolute Gasteiger partial charge is 0.508 e. The molecule has 2 aromatic carbocycles. The molecule has 1 atom stereocenters. The third kappa shape index (κ3) is 3.16. The van der Waals surface area contributed by atoms with E-state index in [1.807, 2.05) is 6.07 Å². The maximum absolute atomic E-state index is 12.7. The van der Waals surface area contributed by atoms with Gasteiger partial charge in [0, 0.05) is 12.3 Å². The maximum atomic E-state index is 12.7. The fraction of sp³-hybridized carbons (Fsp3) is 0.0588. The van der Waals surface area contributed by atoms with Crippen molar-refractivity contribution in [2.45, 2.75) is 0 Å². The van der Waals surface area contributed by atoms with Gasteiger partial charge in [-0.25, -0.2) is 0 Å². The Morgan fingerprint density at radius 2 is 1.88 bits per heavy atom. The van der Waals surface area contributed by atoms with Crippen molar-refractivity contribution in [2.24, 2.45) is 10.9 Å². The number of rotatable bonds is 3. The Labute approximate surface area is 143 Å². The molecule has 0 spiro atoms. The second-order valence-electron chi connectivity index (χ2n) is 5.08. The van der Waals surface area contributed by atoms with Crippen molar-refractivity contribution in [3.8, 4) is 5.75 Å². The van der Waals surface area contributed by atoms with E-state index in [1.165, 1.54) is 23.2 Å². The lowest BCUT2D eigenvalue weighted by Crippen LogP contribution is -2.58. The minimum Gasteiger partial charge on any atom is -0.508 e. The highest BCUT2D eigenvalue weighted by atomic mass is 32.1. The van der Waals surface area contributed by atoms with Gasteiger partial charge in [0.1, 0.15) is 5.75 Å². The molecule has 7 heteroatoms. The Morgan fingerprint density at radius 3 is 2.58 bits per heavy atom. The summed E-state index contributed by atoms with van der Waals surface area (Å²) in [5.74, 6) is -2.05. The number of carbonyl (C=O) groups excluding carboxylic acids is 2. The summed E-state index contributed by atoms with van der Waals surface area (Å²) in [5, 5.41) is 12.0. The molecule has 24 heavy (non-hydrogen) atoms. The van der Waals surface area contributed by atoms with E-state index in [0.717, 1.165) is 0 Å². The molecule has 1 heterocycles. The Balaban J connectivity index is 1.88. The van der Waals surface area contributed by atoms with Gasteiger partial charge in [0.15, 0.2) is 11.0 Å². The Kier molecular flexibility index (Phi) is 4.35. The van der Waals surface area contributed by atoms with Gasteiger partial charge in [-0.05, 0) is 36.5 Å². The molecule has 0 aliphatic carbocycles. The molecular weight excluding hydrogens is 326 g/mol. The molecule has 6 nitrogen and oxygen atoms in total. The van der Waals surface area contributed by atoms with E-state index in [4.69, 9.17) is 12.2 Å². The Hall–Kier alpha value is -3.06. The smallest absolute Gasteiger partial charge is 0.251 e. The zero-order valence-corrected chi connectivity index (χ0v) is 13.2. The fourth-order valence-corrected chi connectivity index (χ4v) is 2.57. The Morgan fingerprint density at radius 1 is 1.12 bits per heavy atom. The molecule has 1 saturated heterocycles. The molecule has 0 bridgehead atoms. The zero-order chi connectivity index (χ0) is 17.1. The van der Waals surface area contributed by atoms with E-state index in [1.54, 1.807) is 36.4 Å². The highest BCUT2D eigenvalue weighted by Crippen LogP contribution is 2.22. The lowest BCUT2D eigenvalue weighted by Gasteiger charge is -2.30. The average Bonchev–Trinajstić information content (AvgIpc) is 2.55. The zero-order valence-electron chi connectivity index (χ0n) is 12.4. The number of nitrogens with one attached hydrogen (secondary N) is 1. The molecule has 2 N–H and O–H groups in total. The summed E-state index contributed by atoms with van der Waals surface area (Å²) in [6.45, 7) is 0. The lowest BCUT2D eigenvalue weighted by molar-refractivity contribution is -0.130. The molecule has 120 valence electrons. The number of phenols is 1. The first-order chi connectivity index (χ1) is 11.6. The number of nitrogens with zero attached hydrogens (tertiary/aromatic N) is 2. The van der Waals surface area contributed by atoms with E-state index in [0.29, 0.717) is 11.4 Å². The summed E-state index contributed by atoms with van der Waals surface area (Å²) in [6, 6.07) is 15.0. The van der Waals surface area contributed by atoms with Gasteiger partial charge in [0.05, 0.1) is 11.4 Å². The van der Waals surface area contributed by atoms with Crippen molar-refractivity contribution in [1.29, 1.82) is 0 Å². The van der Waals surface area contributed by atoms with Crippen molar-refractivity contribution >= 4 is 46.7 Å². The monoisotopic (exact) mass is 339 g/mol. The van der Waals surface area contributed by atoms with Crippen LogP contribution in [0.4, 0.5) is 11.4 Å². The van der Waals surface area contributed by atoms with Crippen molar-refractivity contribution in [2.75, 3.05) is 4.90 Å². The van der Waals surface area contributed by atoms with Crippen LogP contribution in [0.5, 0.6) is 5.75 Å². The van der Waals surface area contributed by atoms with Gasteiger partial charge in [-0.3, -0.25) is 19.5 Å². The number of amides is 2. The highest BCUT2D eigenvalue weighted by Gasteiger charge is 2.38. The van der Waals surface area contributed by atoms with Gasteiger partial charge in [0.2, 0.25) is 5.91 Å². The topological polar surface area (TPSA) is 82.0 Å². The molecule has 1 unspecified atom stereocenters. The van der Waals surface area contributed by atoms with Crippen LogP contribution in [0.25, 0.3) is 0 Å². The molecule has 1 aliphatic heterocycles. The number of thiocarbonyl (C=S) groups is 1. The summed E-state index contributed by atoms with van der Waals surface area (Å²) in [6.07, 6.45) is 1.25. The number of hydrogen-bond donors (Lipinski definition) is 2. The van der Waals surface area contributed by atoms with E-state index < -0.39 is 17.7 Å². The second kappa shape index (κ2) is 6.59. The average molecular weight is 339 g/mol. The van der Waals surface area contributed by atoms with Crippen LogP contribution in [0.2, 0.25) is 0 Å². The lowest BCUT2D eigenvalue weighted by atomic mass is 10.1. The molecule has 2 aromatic rings. The van der Waals surface area contributed by atoms with Gasteiger partial charge in [-0.2, -0.15) is 0 Å². The van der Waals surface area contributed by atoms with Gasteiger partial charge in [0.25, 0.3) is 5.91 Å². The van der Waals surface area contributed by atoms with Crippen LogP contribution >= 0.6 is 12.2 Å². The van der Waals surface area contributed by atoms with Gasteiger partial charge >= 0.3 is 0 Å². The minimum atomic E-state index is -1.10. The first-order valence-corrected chi connectivity index (χ1v) is 7.54. The van der Waals surface area contributed by atoms with Crippen LogP contribution in [-0.4, -0.2) is 28.2 Å². The number of anilines is 1. The molecule has 1 fully saturated rings. The summed E-state index contributed by atoms with van der Waals surface area (Å²) in [4.78, 5) is 30.1. The summed E-state index contributed by atoms with van der Waals surface area (Å²) < 4.78 is 0. The number of phenolic OH excluding ortho intramolecular Hbond substituents is 1. The van der Waals surface area contributed by atoms with E-state index in [2.05, 4.69) is 10.3 Å². The predicted octanol–water partition coefficient (Wildman–Crippen LogP) is 2.16. The number of para-hydroxylation sites is 1. The van der Waals surface area contributed by atoms with Crippen LogP contribution in [0, 0.1) is 5.92 Å². The standard InChI is InChI=1S/C17H13N3O3S/c21-13-8-4-5-11(9-13)18-10-14-15(22)19-17(24)20(16(14)23)12-6-2-1-3-7-12/h1-10,14,21H,(H,19,22,24). The Bertz CT molecular complexity index is 836. The van der Waals surface area contributed by atoms with Crippen molar-refractivity contribution in [3.63, 3.8) is 0 Å². The molecule has 0 radical (unpaired) electrons. The number of aromatic hydroxyl groups is 1. The van der Waals surface area contributed by atoms with Crippen LogP contribution in [0.3, 0.4) is 0 Å². The van der Waals surface area contributed by atoms with E-state index >= 15 is 0 Å². The molecule has 1 aliphatic rings. The SMILES string of the molecule is O=C1NC(=S)N(c2ccccc2)C(=O)C1C=Nc1cccc(O)c1. The second-order valence-corrected chi connectivity index (χ2v) is 5.47. The first kappa shape index (κ1) is 15.8. The van der Waals surface area contributed by atoms with Crippen molar-refractivity contribution in [1.82, 2.24) is 5.32 Å². The third-order valence-electron chi connectivity index (χ3n) is 3.42. The number of hydrogen-bond acceptors (Lipinski definition) is 5. The summed E-state index contributed by atoms with van der Waals surface area (Å²) >= 11 is 5.11. The molecule has 2 amide bonds. The van der Waals surface area contributed by atoms with Crippen molar-refractivity contribution in [3.05, 3.63) is 54.6 Å². The summed E-state index contributed by atoms with van der Waals surface area (Å²) in [5.41, 5.74) is 1.01. The first-order valence-electron chi connectivity index (χ1n) is 7.13. The number of aliphatic imine (C=N–C) groups is 1. The fourth-order valence-electron chi connectivity index (χ4n) is 2.28. The van der Waals surface area contributed by atoms with Crippen LogP contribution in [-0.2, 0) is 9.59 Å². The molecular formula is C17H13N3O3S. The van der Waals surface area contributed by atoms with E-state index in [9.17, 15) is 14.7 Å². The predicted molar refractivity (Wildman–Crippen MR) is 94.4 cm³/mol. The quantitative estimate of drug-likeness (QED) is 0.510. The van der Waals surface area contributed by atoms with Crippen LogP contribution in [0.15, 0.2) is 59.6 Å². The highest BCUT2D eigenvalue weighted by molar-refractivity contribution is 7.80. The van der Waals surface area contributed by atoms with Crippen LogP contribution in [0.1, 0.15) is 0 Å². The van der Waals surface area contributed by atoms with E-state index in [-0.39, 0.29) is 10.9 Å². The molecule has 3 rings (SSSR count). The number of carbonyl (C=O) groups is 2. The maximum Gasteiger partial charge on any atom is 0.251 e. The molecule has 0 aromatic heterocycles. The van der Waals surface area contributed by atoms with Crippen LogP contribution < -0.4 is 10.2 Å². The van der Waals surface area contributed by atoms with Gasteiger partial charge in [-0.15, -0.1) is 0 Å². The van der Waals surface area contributed by atoms with Gasteiger partial charge in [-0.1, -0.05) is 24.3 Å². The normalized spacial score (nSPS) is 18.1.